The van der Waals surface area contributed by atoms with Crippen LogP contribution in [0.1, 0.15) is 23.9 Å². The van der Waals surface area contributed by atoms with Crippen LogP contribution in [0.2, 0.25) is 0 Å². The van der Waals surface area contributed by atoms with E-state index in [1.165, 1.54) is 0 Å². The van der Waals surface area contributed by atoms with Crippen molar-refractivity contribution in [3.63, 3.8) is 0 Å². The molecule has 0 spiro atoms. The van der Waals surface area contributed by atoms with E-state index in [0.717, 1.165) is 17.9 Å². The number of carbonyl (C=O) groups is 1. The largest absolute Gasteiger partial charge is 0.481 e. The molecule has 0 bridgehead atoms. The van der Waals surface area contributed by atoms with Crippen LogP contribution in [0.4, 0.5) is 5.69 Å². The first-order valence-electron chi connectivity index (χ1n) is 7.66. The molecule has 0 amide bonds. The normalized spacial score (nSPS) is 17.9. The van der Waals surface area contributed by atoms with Gasteiger partial charge in [-0.05, 0) is 12.1 Å². The van der Waals surface area contributed by atoms with Gasteiger partial charge in [0.15, 0.2) is 0 Å². The molecule has 120 valence electrons. The average Bonchev–Trinajstić information content (AvgIpc) is 2.61. The minimum Gasteiger partial charge on any atom is -0.481 e. The maximum atomic E-state index is 10.7. The monoisotopic (exact) mass is 313 g/mol. The second-order valence-electron chi connectivity index (χ2n) is 5.47. The van der Waals surface area contributed by atoms with Gasteiger partial charge < -0.3 is 14.7 Å². The molecule has 6 heteroatoms. The number of aliphatic carboxylic acids is 1. The number of rotatable bonds is 5. The fourth-order valence-electron chi connectivity index (χ4n) is 2.64. The van der Waals surface area contributed by atoms with Gasteiger partial charge in [0.2, 0.25) is 0 Å². The van der Waals surface area contributed by atoms with E-state index in [1.54, 1.807) is 12.4 Å². The Morgan fingerprint density at radius 3 is 2.91 bits per heavy atom. The first-order chi connectivity index (χ1) is 11.2. The zero-order valence-electron chi connectivity index (χ0n) is 12.8. The number of hydrogen-bond acceptors (Lipinski definition) is 5. The molecule has 23 heavy (non-hydrogen) atoms. The molecular weight excluding hydrogens is 294 g/mol. The summed E-state index contributed by atoms with van der Waals surface area (Å²) in [5, 5.41) is 8.77. The summed E-state index contributed by atoms with van der Waals surface area (Å²) in [6.45, 7) is 2.17. The molecule has 1 aliphatic rings. The minimum absolute atomic E-state index is 0.0554. The Morgan fingerprint density at radius 1 is 1.30 bits per heavy atom. The van der Waals surface area contributed by atoms with Crippen molar-refractivity contribution >= 4 is 11.7 Å². The van der Waals surface area contributed by atoms with Gasteiger partial charge in [0.25, 0.3) is 0 Å². The lowest BCUT2D eigenvalue weighted by Crippen LogP contribution is -2.38. The summed E-state index contributed by atoms with van der Waals surface area (Å²) in [6.07, 6.45) is 3.60. The second-order valence-corrected chi connectivity index (χ2v) is 5.47. The van der Waals surface area contributed by atoms with Crippen LogP contribution in [0.25, 0.3) is 0 Å². The zero-order valence-corrected chi connectivity index (χ0v) is 12.8. The van der Waals surface area contributed by atoms with Gasteiger partial charge >= 0.3 is 5.97 Å². The molecule has 1 fully saturated rings. The van der Waals surface area contributed by atoms with Crippen LogP contribution < -0.4 is 4.90 Å². The van der Waals surface area contributed by atoms with E-state index in [0.29, 0.717) is 25.3 Å². The average molecular weight is 313 g/mol. The molecule has 2 aromatic rings. The Bertz CT molecular complexity index is 663. The highest BCUT2D eigenvalue weighted by molar-refractivity contribution is 5.66. The molecule has 1 aromatic carbocycles. The summed E-state index contributed by atoms with van der Waals surface area (Å²) in [5.41, 5.74) is 2.61. The lowest BCUT2D eigenvalue weighted by atomic mass is 10.1. The van der Waals surface area contributed by atoms with Crippen molar-refractivity contribution in [1.29, 1.82) is 0 Å². The SMILES string of the molecule is O=C(O)CCc1cncc([C@H]2CN(c3ccccc3)CCO2)n1. The summed E-state index contributed by atoms with van der Waals surface area (Å²) in [5.74, 6) is -0.832. The van der Waals surface area contributed by atoms with Crippen LogP contribution in [0, 0.1) is 0 Å². The summed E-state index contributed by atoms with van der Waals surface area (Å²) in [4.78, 5) is 21.6. The Morgan fingerprint density at radius 2 is 2.13 bits per heavy atom. The number of carboxylic acids is 1. The van der Waals surface area contributed by atoms with E-state index in [4.69, 9.17) is 9.84 Å². The molecule has 2 heterocycles. The molecular formula is C17H19N3O3. The van der Waals surface area contributed by atoms with Crippen LogP contribution in [0.3, 0.4) is 0 Å². The molecule has 3 rings (SSSR count). The van der Waals surface area contributed by atoms with E-state index in [2.05, 4.69) is 27.0 Å². The smallest absolute Gasteiger partial charge is 0.303 e. The first kappa shape index (κ1) is 15.4. The van der Waals surface area contributed by atoms with Crippen molar-refractivity contribution in [3.05, 3.63) is 54.1 Å². The van der Waals surface area contributed by atoms with Gasteiger partial charge in [0.1, 0.15) is 6.10 Å². The number of nitrogens with zero attached hydrogens (tertiary/aromatic N) is 3. The van der Waals surface area contributed by atoms with Gasteiger partial charge in [-0.15, -0.1) is 0 Å². The van der Waals surface area contributed by atoms with Crippen LogP contribution in [-0.4, -0.2) is 40.7 Å². The maximum Gasteiger partial charge on any atom is 0.303 e. The Hall–Kier alpha value is -2.47. The van der Waals surface area contributed by atoms with Crippen LogP contribution >= 0.6 is 0 Å². The summed E-state index contributed by atoms with van der Waals surface area (Å²) < 4.78 is 5.84. The van der Waals surface area contributed by atoms with Gasteiger partial charge in [-0.25, -0.2) is 0 Å². The van der Waals surface area contributed by atoms with E-state index >= 15 is 0 Å². The summed E-state index contributed by atoms with van der Waals surface area (Å²) >= 11 is 0. The number of anilines is 1. The van der Waals surface area contributed by atoms with Crippen molar-refractivity contribution in [3.8, 4) is 0 Å². The summed E-state index contributed by atoms with van der Waals surface area (Å²) in [7, 11) is 0. The van der Waals surface area contributed by atoms with Crippen molar-refractivity contribution in [2.45, 2.75) is 18.9 Å². The molecule has 1 saturated heterocycles. The number of aromatic nitrogens is 2. The summed E-state index contributed by atoms with van der Waals surface area (Å²) in [6, 6.07) is 10.2. The second kappa shape index (κ2) is 7.19. The number of para-hydroxylation sites is 1. The van der Waals surface area contributed by atoms with E-state index in [9.17, 15) is 4.79 Å². The molecule has 0 radical (unpaired) electrons. The van der Waals surface area contributed by atoms with E-state index < -0.39 is 5.97 Å². The van der Waals surface area contributed by atoms with Crippen LogP contribution in [-0.2, 0) is 16.0 Å². The molecule has 1 atom stereocenters. The molecule has 0 unspecified atom stereocenters. The maximum absolute atomic E-state index is 10.7. The van der Waals surface area contributed by atoms with Crippen molar-refractivity contribution in [2.75, 3.05) is 24.6 Å². The quantitative estimate of drug-likeness (QED) is 0.911. The Balaban J connectivity index is 1.71. The van der Waals surface area contributed by atoms with Crippen LogP contribution in [0.5, 0.6) is 0 Å². The van der Waals surface area contributed by atoms with E-state index in [-0.39, 0.29) is 12.5 Å². The van der Waals surface area contributed by atoms with Gasteiger partial charge in [-0.2, -0.15) is 0 Å². The topological polar surface area (TPSA) is 75.5 Å². The predicted octanol–water partition coefficient (Wildman–Crippen LogP) is 2.07. The number of benzene rings is 1. The number of hydrogen-bond donors (Lipinski definition) is 1. The number of carboxylic acid groups (broad SMARTS) is 1. The highest BCUT2D eigenvalue weighted by Crippen LogP contribution is 2.24. The van der Waals surface area contributed by atoms with Crippen molar-refractivity contribution < 1.29 is 14.6 Å². The zero-order chi connectivity index (χ0) is 16.1. The number of morpholine rings is 1. The predicted molar refractivity (Wildman–Crippen MR) is 85.3 cm³/mol. The first-order valence-corrected chi connectivity index (χ1v) is 7.66. The fraction of sp³-hybridized carbons (Fsp3) is 0.353. The number of aryl methyl sites for hydroxylation is 1. The van der Waals surface area contributed by atoms with Gasteiger partial charge in [0.05, 0.1) is 37.2 Å². The van der Waals surface area contributed by atoms with Crippen molar-refractivity contribution in [2.24, 2.45) is 0 Å². The highest BCUT2D eigenvalue weighted by atomic mass is 16.5. The molecule has 1 N–H and O–H groups in total. The van der Waals surface area contributed by atoms with Crippen LogP contribution in [0.15, 0.2) is 42.7 Å². The third-order valence-electron chi connectivity index (χ3n) is 3.82. The minimum atomic E-state index is -0.832. The fourth-order valence-corrected chi connectivity index (χ4v) is 2.64. The standard InChI is InChI=1S/C17H19N3O3/c21-17(22)7-6-13-10-18-11-15(19-13)16-12-20(8-9-23-16)14-4-2-1-3-5-14/h1-5,10-11,16H,6-9,12H2,(H,21,22)/t16-/m1/s1. The highest BCUT2D eigenvalue weighted by Gasteiger charge is 2.23. The molecule has 1 aromatic heterocycles. The number of ether oxygens (including phenoxy) is 1. The van der Waals surface area contributed by atoms with Gasteiger partial charge in [-0.1, -0.05) is 18.2 Å². The van der Waals surface area contributed by atoms with Gasteiger partial charge in [-0.3, -0.25) is 14.8 Å². The lowest BCUT2D eigenvalue weighted by molar-refractivity contribution is -0.136. The Kier molecular flexibility index (Phi) is 4.83. The molecule has 6 nitrogen and oxygen atoms in total. The Labute approximate surface area is 134 Å². The molecule has 0 saturated carbocycles. The van der Waals surface area contributed by atoms with Gasteiger partial charge in [0, 0.05) is 24.8 Å². The third kappa shape index (κ3) is 4.04. The van der Waals surface area contributed by atoms with E-state index in [1.807, 2.05) is 18.2 Å². The lowest BCUT2D eigenvalue weighted by Gasteiger charge is -2.34. The third-order valence-corrected chi connectivity index (χ3v) is 3.82. The molecule has 0 aliphatic carbocycles. The molecule has 1 aliphatic heterocycles. The van der Waals surface area contributed by atoms with Crippen molar-refractivity contribution in [1.82, 2.24) is 9.97 Å².